The molecule has 3 heteroatoms. The lowest BCUT2D eigenvalue weighted by atomic mass is 9.75. The highest BCUT2D eigenvalue weighted by Gasteiger charge is 2.43. The number of fused-ring (bicyclic) bond motifs is 3. The van der Waals surface area contributed by atoms with Gasteiger partial charge in [-0.05, 0) is 68.1 Å². The molecule has 22 heavy (non-hydrogen) atoms. The summed E-state index contributed by atoms with van der Waals surface area (Å²) in [5.74, 6) is -2.94. The predicted molar refractivity (Wildman–Crippen MR) is 86.1 cm³/mol. The monoisotopic (exact) mass is 305 g/mol. The van der Waals surface area contributed by atoms with Crippen LogP contribution in [0.3, 0.4) is 0 Å². The van der Waals surface area contributed by atoms with Crippen molar-refractivity contribution in [2.24, 2.45) is 5.89 Å². The molecule has 0 spiro atoms. The second-order valence-electron chi connectivity index (χ2n) is 6.33. The van der Waals surface area contributed by atoms with Crippen LogP contribution in [0.25, 0.3) is 0 Å². The zero-order valence-electron chi connectivity index (χ0n) is 21.2. The van der Waals surface area contributed by atoms with E-state index in [9.17, 15) is 4.79 Å². The summed E-state index contributed by atoms with van der Waals surface area (Å²) < 4.78 is 76.4. The Labute approximate surface area is 144 Å². The summed E-state index contributed by atoms with van der Waals surface area (Å²) in [5, 5.41) is 0. The van der Waals surface area contributed by atoms with E-state index in [2.05, 4.69) is 0 Å². The van der Waals surface area contributed by atoms with E-state index in [-0.39, 0.29) is 37.4 Å². The van der Waals surface area contributed by atoms with Gasteiger partial charge in [0.25, 0.3) is 5.91 Å². The molecule has 0 radical (unpaired) electrons. The van der Waals surface area contributed by atoms with E-state index < -0.39 is 43.6 Å². The van der Waals surface area contributed by atoms with E-state index in [1.54, 1.807) is 18.2 Å². The number of aryl methyl sites for hydroxylation is 1. The third kappa shape index (κ3) is 1.81. The van der Waals surface area contributed by atoms with Gasteiger partial charge >= 0.3 is 0 Å². The lowest BCUT2D eigenvalue weighted by molar-refractivity contribution is 0.00258. The van der Waals surface area contributed by atoms with Gasteiger partial charge in [-0.15, -0.1) is 0 Å². The first kappa shape index (κ1) is 7.04. The average Bonchev–Trinajstić information content (AvgIpc) is 2.65. The molecule has 3 nitrogen and oxygen atoms in total. The maximum atomic E-state index is 13.6. The molecule has 4 heterocycles. The summed E-state index contributed by atoms with van der Waals surface area (Å²) >= 11 is 0. The number of carbonyl (C=O) groups excluding carboxylic acids is 1. The summed E-state index contributed by atoms with van der Waals surface area (Å²) in [7, 11) is 0. The Morgan fingerprint density at radius 2 is 2.27 bits per heavy atom. The summed E-state index contributed by atoms with van der Waals surface area (Å²) in [6.07, 6.45) is -3.62. The van der Waals surface area contributed by atoms with Crippen LogP contribution < -0.4 is 0 Å². The van der Waals surface area contributed by atoms with Gasteiger partial charge < -0.3 is 9.80 Å². The molecule has 0 N–H and O–H groups in total. The van der Waals surface area contributed by atoms with Crippen molar-refractivity contribution in [1.82, 2.24) is 9.80 Å². The van der Waals surface area contributed by atoms with Crippen LogP contribution in [0, 0.1) is 5.89 Å². The molecule has 1 unspecified atom stereocenters. The molecule has 6 rings (SSSR count). The van der Waals surface area contributed by atoms with Crippen LogP contribution in [0.1, 0.15) is 65.4 Å². The van der Waals surface area contributed by atoms with Gasteiger partial charge in [-0.3, -0.25) is 4.79 Å². The van der Waals surface area contributed by atoms with Gasteiger partial charge in [0.1, 0.15) is 0 Å². The fourth-order valence-electron chi connectivity index (χ4n) is 4.03. The fraction of sp³-hybridized carbons (Fsp3) is 0.632. The Morgan fingerprint density at radius 3 is 3.23 bits per heavy atom. The molecule has 1 aliphatic carbocycles. The van der Waals surface area contributed by atoms with Crippen LogP contribution in [-0.4, -0.2) is 47.8 Å². The average molecular weight is 305 g/mol. The van der Waals surface area contributed by atoms with Gasteiger partial charge in [-0.25, -0.2) is 0 Å². The van der Waals surface area contributed by atoms with E-state index in [1.165, 1.54) is 4.90 Å². The van der Waals surface area contributed by atoms with Gasteiger partial charge in [0.2, 0.25) is 0 Å². The molecule has 4 aliphatic heterocycles. The Kier molecular flexibility index (Phi) is 1.54. The largest absolute Gasteiger partial charge is 0.333 e. The molecule has 0 aromatic heterocycles. The summed E-state index contributed by atoms with van der Waals surface area (Å²) in [6, 6.07) is 3.38. The molecule has 5 aliphatic rings. The maximum Gasteiger partial charge on any atom is 0.254 e. The second-order valence-corrected chi connectivity index (χ2v) is 6.33. The number of carbonyl (C=O) groups is 1. The van der Waals surface area contributed by atoms with Gasteiger partial charge in [-0.2, -0.15) is 0 Å². The smallest absolute Gasteiger partial charge is 0.254 e. The number of amides is 1. The molecule has 3 saturated heterocycles. The molecule has 1 aromatic carbocycles. The van der Waals surface area contributed by atoms with Crippen molar-refractivity contribution in [3.8, 4) is 0 Å². The van der Waals surface area contributed by atoms with Gasteiger partial charge in [0.15, 0.2) is 0 Å². The Morgan fingerprint density at radius 1 is 1.32 bits per heavy atom. The normalized spacial score (nSPS) is 54.9. The van der Waals surface area contributed by atoms with Crippen molar-refractivity contribution in [3.05, 3.63) is 34.9 Å². The van der Waals surface area contributed by atoms with Crippen LogP contribution in [0.5, 0.6) is 0 Å². The second kappa shape index (κ2) is 4.82. The molecular formula is C19H24N2O. The van der Waals surface area contributed by atoms with Crippen molar-refractivity contribution in [3.63, 3.8) is 0 Å². The first-order valence-electron chi connectivity index (χ1n) is 12.4. The third-order valence-corrected chi connectivity index (χ3v) is 5.11. The first-order valence-corrected chi connectivity index (χ1v) is 7.90. The maximum absolute atomic E-state index is 13.6. The van der Waals surface area contributed by atoms with Crippen LogP contribution >= 0.6 is 0 Å². The molecule has 4 atom stereocenters. The zero-order chi connectivity index (χ0) is 22.8. The molecule has 0 saturated carbocycles. The van der Waals surface area contributed by atoms with Crippen LogP contribution in [0.15, 0.2) is 18.2 Å². The quantitative estimate of drug-likeness (QED) is 0.796. The number of benzene rings is 1. The summed E-state index contributed by atoms with van der Waals surface area (Å²) in [4.78, 5) is 15.6. The van der Waals surface area contributed by atoms with Crippen molar-refractivity contribution in [2.45, 2.75) is 44.0 Å². The number of hydrogen-bond acceptors (Lipinski definition) is 2. The van der Waals surface area contributed by atoms with E-state index in [1.807, 2.05) is 0 Å². The highest BCUT2D eigenvalue weighted by atomic mass is 16.2. The van der Waals surface area contributed by atoms with Crippen molar-refractivity contribution in [1.29, 1.82) is 0 Å². The standard InChI is InChI=1S/C19H24N2O/c22-19-16-6-2-4-14-3-1-5-15(18(14)16)11-21(19)17-12-20-9-7-13(17)8-10-20/h2,4,6,13,15,17H,1,3,5,7-12H2/t15-,17-/m1/s1/i3D2,7D2,9D2,12D2,13D/t13-,15+,17+/m0. The van der Waals surface area contributed by atoms with Gasteiger partial charge in [-0.1, -0.05) is 12.1 Å². The van der Waals surface area contributed by atoms with E-state index >= 15 is 0 Å². The highest BCUT2D eigenvalue weighted by molar-refractivity contribution is 5.97. The summed E-state index contributed by atoms with van der Waals surface area (Å²) in [5.41, 5.74) is 1.38. The van der Waals surface area contributed by atoms with Gasteiger partial charge in [0, 0.05) is 42.9 Å². The molecular weight excluding hydrogens is 272 g/mol. The molecule has 3 fully saturated rings. The summed E-state index contributed by atoms with van der Waals surface area (Å²) in [6.45, 7) is -5.15. The number of nitrogens with zero attached hydrogens (tertiary/aromatic N) is 2. The molecule has 1 aromatic rings. The minimum Gasteiger partial charge on any atom is -0.333 e. The van der Waals surface area contributed by atoms with Gasteiger partial charge in [0.05, 0.1) is 0 Å². The molecule has 2 bridgehead atoms. The topological polar surface area (TPSA) is 23.6 Å². The minimum atomic E-state index is -2.69. The van der Waals surface area contributed by atoms with Crippen LogP contribution in [-0.2, 0) is 6.37 Å². The highest BCUT2D eigenvalue weighted by Crippen LogP contribution is 2.41. The number of piperidine rings is 3. The predicted octanol–water partition coefficient (Wildman–Crippen LogP) is 2.66. The van der Waals surface area contributed by atoms with Crippen molar-refractivity contribution < 1.29 is 17.1 Å². The lowest BCUT2D eigenvalue weighted by Crippen LogP contribution is -2.60. The van der Waals surface area contributed by atoms with Crippen LogP contribution in [0.4, 0.5) is 0 Å². The van der Waals surface area contributed by atoms with Crippen molar-refractivity contribution in [2.75, 3.05) is 26.1 Å². The lowest BCUT2D eigenvalue weighted by Gasteiger charge is -2.51. The zero-order valence-corrected chi connectivity index (χ0v) is 12.2. The Balaban J connectivity index is 1.66. The minimum absolute atomic E-state index is 0.0661. The molecule has 116 valence electrons. The Hall–Kier alpha value is -1.35. The van der Waals surface area contributed by atoms with E-state index in [4.69, 9.17) is 12.3 Å². The SMILES string of the molecule is [2H]C1([2H])CC[C@@H]2CN([C@@H]3C([2H])([2H])N4CC[C@]3([2H])C([2H])([2H])C4([2H])[2H])C(=O)c3cccc1c32. The van der Waals surface area contributed by atoms with E-state index in [0.29, 0.717) is 17.5 Å². The third-order valence-electron chi connectivity index (χ3n) is 5.11. The van der Waals surface area contributed by atoms with E-state index in [0.717, 1.165) is 4.90 Å². The van der Waals surface area contributed by atoms with Crippen LogP contribution in [0.2, 0.25) is 0 Å². The van der Waals surface area contributed by atoms with Crippen molar-refractivity contribution >= 4 is 5.91 Å². The molecule has 1 amide bonds. The number of rotatable bonds is 1. The number of hydrogen-bond donors (Lipinski definition) is 0. The first-order chi connectivity index (χ1) is 14.2. The Bertz CT molecular complexity index is 981. The fourth-order valence-corrected chi connectivity index (χ4v) is 4.03.